The molecule has 1 saturated carbocycles. The van der Waals surface area contributed by atoms with Crippen LogP contribution in [0.25, 0.3) is 0 Å². The van der Waals surface area contributed by atoms with Crippen LogP contribution in [0.3, 0.4) is 0 Å². The van der Waals surface area contributed by atoms with Crippen molar-refractivity contribution < 1.29 is 0 Å². The summed E-state index contributed by atoms with van der Waals surface area (Å²) in [6.45, 7) is 6.62. The van der Waals surface area contributed by atoms with Gasteiger partial charge in [-0.1, -0.05) is 37.0 Å². The molecule has 1 aliphatic carbocycles. The third kappa shape index (κ3) is 3.14. The first kappa shape index (κ1) is 13.6. The predicted molar refractivity (Wildman–Crippen MR) is 78.9 cm³/mol. The van der Waals surface area contributed by atoms with Crippen LogP contribution < -0.4 is 5.73 Å². The van der Waals surface area contributed by atoms with Gasteiger partial charge in [-0.3, -0.25) is 0 Å². The zero-order valence-corrected chi connectivity index (χ0v) is 12.1. The van der Waals surface area contributed by atoms with E-state index in [-0.39, 0.29) is 0 Å². The third-order valence-electron chi connectivity index (χ3n) is 4.54. The van der Waals surface area contributed by atoms with Crippen molar-refractivity contribution in [2.24, 2.45) is 11.7 Å². The monoisotopic (exact) mass is 245 g/mol. The van der Waals surface area contributed by atoms with Gasteiger partial charge in [-0.05, 0) is 62.6 Å². The van der Waals surface area contributed by atoms with Gasteiger partial charge in [0, 0.05) is 6.04 Å². The van der Waals surface area contributed by atoms with Gasteiger partial charge in [0.25, 0.3) is 0 Å². The van der Waals surface area contributed by atoms with Gasteiger partial charge in [0.15, 0.2) is 0 Å². The van der Waals surface area contributed by atoms with Crippen LogP contribution in [0.5, 0.6) is 0 Å². The molecule has 1 aromatic carbocycles. The first-order chi connectivity index (χ1) is 8.58. The number of rotatable bonds is 3. The highest BCUT2D eigenvalue weighted by Gasteiger charge is 2.21. The number of hydrogen-bond donors (Lipinski definition) is 1. The van der Waals surface area contributed by atoms with Gasteiger partial charge in [0.05, 0.1) is 0 Å². The molecule has 0 bridgehead atoms. The van der Waals surface area contributed by atoms with E-state index in [0.717, 1.165) is 12.3 Å². The lowest BCUT2D eigenvalue weighted by Crippen LogP contribution is -2.34. The molecule has 0 heterocycles. The van der Waals surface area contributed by atoms with Crippen LogP contribution in [0.4, 0.5) is 0 Å². The zero-order valence-electron chi connectivity index (χ0n) is 12.1. The van der Waals surface area contributed by atoms with E-state index < -0.39 is 0 Å². The van der Waals surface area contributed by atoms with Gasteiger partial charge in [-0.15, -0.1) is 0 Å². The van der Waals surface area contributed by atoms with E-state index in [1.807, 2.05) is 0 Å². The zero-order chi connectivity index (χ0) is 13.1. The molecule has 0 radical (unpaired) electrons. The molecule has 1 nitrogen and oxygen atoms in total. The van der Waals surface area contributed by atoms with Crippen LogP contribution >= 0.6 is 0 Å². The van der Waals surface area contributed by atoms with Crippen molar-refractivity contribution in [3.8, 4) is 0 Å². The summed E-state index contributed by atoms with van der Waals surface area (Å²) in [5.41, 5.74) is 12.1. The summed E-state index contributed by atoms with van der Waals surface area (Å²) in [7, 11) is 0. The van der Waals surface area contributed by atoms with E-state index in [4.69, 9.17) is 5.73 Å². The fraction of sp³-hybridized carbons (Fsp3) is 0.647. The number of hydrogen-bond acceptors (Lipinski definition) is 1. The van der Waals surface area contributed by atoms with Gasteiger partial charge in [0.2, 0.25) is 0 Å². The molecule has 1 atom stereocenters. The summed E-state index contributed by atoms with van der Waals surface area (Å²) in [4.78, 5) is 0. The van der Waals surface area contributed by atoms with Crippen LogP contribution in [0.2, 0.25) is 0 Å². The topological polar surface area (TPSA) is 26.0 Å². The molecular weight excluding hydrogens is 218 g/mol. The molecule has 1 heteroatoms. The van der Waals surface area contributed by atoms with E-state index in [9.17, 15) is 0 Å². The van der Waals surface area contributed by atoms with Crippen molar-refractivity contribution in [1.29, 1.82) is 0 Å². The van der Waals surface area contributed by atoms with Crippen molar-refractivity contribution in [2.75, 3.05) is 0 Å². The SMILES string of the molecule is Cc1cc(C)c(CC(N)C2CCCCC2)c(C)c1. The first-order valence-corrected chi connectivity index (χ1v) is 7.40. The summed E-state index contributed by atoms with van der Waals surface area (Å²) in [6.07, 6.45) is 7.90. The Balaban J connectivity index is 2.08. The maximum atomic E-state index is 6.46. The largest absolute Gasteiger partial charge is 0.327 e. The second kappa shape index (κ2) is 5.88. The molecule has 0 saturated heterocycles. The Hall–Kier alpha value is -0.820. The fourth-order valence-electron chi connectivity index (χ4n) is 3.50. The molecule has 18 heavy (non-hydrogen) atoms. The molecule has 0 spiro atoms. The molecule has 1 fully saturated rings. The average molecular weight is 245 g/mol. The molecule has 0 aromatic heterocycles. The Morgan fingerprint density at radius 3 is 2.17 bits per heavy atom. The molecule has 2 N–H and O–H groups in total. The molecule has 0 amide bonds. The first-order valence-electron chi connectivity index (χ1n) is 7.40. The Bertz CT molecular complexity index is 379. The van der Waals surface area contributed by atoms with Gasteiger partial charge >= 0.3 is 0 Å². The van der Waals surface area contributed by atoms with Crippen LogP contribution in [-0.2, 0) is 6.42 Å². The van der Waals surface area contributed by atoms with Crippen LogP contribution in [0.1, 0.15) is 54.4 Å². The van der Waals surface area contributed by atoms with Gasteiger partial charge in [-0.25, -0.2) is 0 Å². The molecule has 1 aliphatic rings. The van der Waals surface area contributed by atoms with Crippen molar-refractivity contribution in [2.45, 2.75) is 65.3 Å². The average Bonchev–Trinajstić information content (AvgIpc) is 2.34. The van der Waals surface area contributed by atoms with E-state index in [2.05, 4.69) is 32.9 Å². The summed E-state index contributed by atoms with van der Waals surface area (Å²) in [5, 5.41) is 0. The minimum atomic E-state index is 0.352. The van der Waals surface area contributed by atoms with Crippen molar-refractivity contribution in [1.82, 2.24) is 0 Å². The van der Waals surface area contributed by atoms with E-state index in [1.54, 1.807) is 0 Å². The summed E-state index contributed by atoms with van der Waals surface area (Å²) in [6, 6.07) is 4.93. The smallest absolute Gasteiger partial charge is 0.0108 e. The third-order valence-corrected chi connectivity index (χ3v) is 4.54. The van der Waals surface area contributed by atoms with E-state index in [1.165, 1.54) is 54.4 Å². The number of nitrogens with two attached hydrogens (primary N) is 1. The molecule has 100 valence electrons. The van der Waals surface area contributed by atoms with Crippen molar-refractivity contribution in [3.05, 3.63) is 34.4 Å². The summed E-state index contributed by atoms with van der Waals surface area (Å²) >= 11 is 0. The standard InChI is InChI=1S/C17H27N/c1-12-9-13(2)16(14(3)10-12)11-17(18)15-7-5-4-6-8-15/h9-10,15,17H,4-8,11,18H2,1-3H3. The molecule has 1 unspecified atom stereocenters. The second-order valence-corrected chi connectivity index (χ2v) is 6.14. The highest BCUT2D eigenvalue weighted by molar-refractivity contribution is 5.38. The molecular formula is C17H27N. The Morgan fingerprint density at radius 1 is 1.06 bits per heavy atom. The normalized spacial score (nSPS) is 18.9. The quantitative estimate of drug-likeness (QED) is 0.853. The number of benzene rings is 1. The second-order valence-electron chi connectivity index (χ2n) is 6.14. The van der Waals surface area contributed by atoms with Crippen molar-refractivity contribution in [3.63, 3.8) is 0 Å². The minimum absolute atomic E-state index is 0.352. The van der Waals surface area contributed by atoms with Gasteiger partial charge in [-0.2, -0.15) is 0 Å². The minimum Gasteiger partial charge on any atom is -0.327 e. The summed E-state index contributed by atoms with van der Waals surface area (Å²) < 4.78 is 0. The molecule has 0 aliphatic heterocycles. The maximum absolute atomic E-state index is 6.46. The lowest BCUT2D eigenvalue weighted by atomic mass is 9.81. The van der Waals surface area contributed by atoms with E-state index >= 15 is 0 Å². The maximum Gasteiger partial charge on any atom is 0.0108 e. The highest BCUT2D eigenvalue weighted by atomic mass is 14.6. The number of aryl methyl sites for hydroxylation is 3. The van der Waals surface area contributed by atoms with Crippen LogP contribution in [0.15, 0.2) is 12.1 Å². The van der Waals surface area contributed by atoms with Crippen LogP contribution in [0, 0.1) is 26.7 Å². The van der Waals surface area contributed by atoms with Crippen molar-refractivity contribution >= 4 is 0 Å². The Labute approximate surface area is 112 Å². The van der Waals surface area contributed by atoms with Gasteiger partial charge in [0.1, 0.15) is 0 Å². The fourth-order valence-corrected chi connectivity index (χ4v) is 3.50. The Morgan fingerprint density at radius 2 is 1.61 bits per heavy atom. The lowest BCUT2D eigenvalue weighted by molar-refractivity contribution is 0.303. The summed E-state index contributed by atoms with van der Waals surface area (Å²) in [5.74, 6) is 0.749. The molecule has 1 aromatic rings. The molecule has 2 rings (SSSR count). The lowest BCUT2D eigenvalue weighted by Gasteiger charge is -2.28. The highest BCUT2D eigenvalue weighted by Crippen LogP contribution is 2.28. The predicted octanol–water partition coefficient (Wildman–Crippen LogP) is 4.06. The Kier molecular flexibility index (Phi) is 4.45. The van der Waals surface area contributed by atoms with E-state index in [0.29, 0.717) is 6.04 Å². The van der Waals surface area contributed by atoms with Crippen LogP contribution in [-0.4, -0.2) is 6.04 Å². The van der Waals surface area contributed by atoms with Gasteiger partial charge < -0.3 is 5.73 Å².